The molecule has 0 aliphatic heterocycles. The summed E-state index contributed by atoms with van der Waals surface area (Å²) in [6.07, 6.45) is 3.73. The van der Waals surface area contributed by atoms with Crippen molar-refractivity contribution in [3.8, 4) is 11.3 Å². The van der Waals surface area contributed by atoms with E-state index in [-0.39, 0.29) is 30.1 Å². The average molecular weight is 338 g/mol. The molecule has 128 valence electrons. The standard InChI is InChI=1S/C18H18N4O3/c1-11-2-4-12(5-3-11)16-15-17(25-21-16)19-10-22(18(15)24)9-8-14(23)20-13-6-7-13/h2-5,10,13H,6-9H2,1H3,(H,20,23). The van der Waals surface area contributed by atoms with Crippen molar-refractivity contribution in [3.63, 3.8) is 0 Å². The lowest BCUT2D eigenvalue weighted by atomic mass is 10.1. The molecule has 1 fully saturated rings. The summed E-state index contributed by atoms with van der Waals surface area (Å²) in [5.41, 5.74) is 2.35. The molecule has 25 heavy (non-hydrogen) atoms. The molecule has 7 heteroatoms. The molecule has 3 aromatic rings. The van der Waals surface area contributed by atoms with Gasteiger partial charge < -0.3 is 9.84 Å². The lowest BCUT2D eigenvalue weighted by molar-refractivity contribution is -0.121. The summed E-state index contributed by atoms with van der Waals surface area (Å²) >= 11 is 0. The third kappa shape index (κ3) is 3.17. The Morgan fingerprint density at radius 3 is 2.80 bits per heavy atom. The lowest BCUT2D eigenvalue weighted by Crippen LogP contribution is -2.28. The Balaban J connectivity index is 1.64. The molecule has 0 unspecified atom stereocenters. The van der Waals surface area contributed by atoms with Gasteiger partial charge in [0.1, 0.15) is 17.4 Å². The van der Waals surface area contributed by atoms with Gasteiger partial charge in [-0.3, -0.25) is 14.2 Å². The Hall–Kier alpha value is -2.96. The highest BCUT2D eigenvalue weighted by molar-refractivity contribution is 5.88. The van der Waals surface area contributed by atoms with Gasteiger partial charge in [0.15, 0.2) is 0 Å². The summed E-state index contributed by atoms with van der Waals surface area (Å²) in [6, 6.07) is 8.01. The predicted octanol–water partition coefficient (Wildman–Crippen LogP) is 2.03. The number of hydrogen-bond acceptors (Lipinski definition) is 5. The second-order valence-electron chi connectivity index (χ2n) is 6.41. The summed E-state index contributed by atoms with van der Waals surface area (Å²) in [6.45, 7) is 2.27. The first-order chi connectivity index (χ1) is 12.1. The molecular formula is C18H18N4O3. The number of aryl methyl sites for hydroxylation is 2. The summed E-state index contributed by atoms with van der Waals surface area (Å²) in [4.78, 5) is 28.8. The van der Waals surface area contributed by atoms with Crippen LogP contribution in [0.15, 0.2) is 39.9 Å². The maximum Gasteiger partial charge on any atom is 0.266 e. The molecule has 7 nitrogen and oxygen atoms in total. The Bertz CT molecular complexity index is 984. The number of aromatic nitrogens is 3. The largest absolute Gasteiger partial charge is 0.353 e. The molecule has 2 heterocycles. The SMILES string of the molecule is Cc1ccc(-c2noc3ncn(CCC(=O)NC4CC4)c(=O)c23)cc1. The zero-order valence-electron chi connectivity index (χ0n) is 13.9. The molecule has 1 N–H and O–H groups in total. The first-order valence-electron chi connectivity index (χ1n) is 8.33. The van der Waals surface area contributed by atoms with E-state index in [1.165, 1.54) is 10.9 Å². The van der Waals surface area contributed by atoms with Crippen molar-refractivity contribution < 1.29 is 9.32 Å². The van der Waals surface area contributed by atoms with Crippen molar-refractivity contribution in [2.75, 3.05) is 0 Å². The topological polar surface area (TPSA) is 90.0 Å². The lowest BCUT2D eigenvalue weighted by Gasteiger charge is -2.06. The molecule has 0 saturated heterocycles. The van der Waals surface area contributed by atoms with Crippen LogP contribution < -0.4 is 10.9 Å². The van der Waals surface area contributed by atoms with E-state index in [1.54, 1.807) is 0 Å². The highest BCUT2D eigenvalue weighted by Gasteiger charge is 2.23. The Kier molecular flexibility index (Phi) is 3.83. The number of carbonyl (C=O) groups is 1. The van der Waals surface area contributed by atoms with Crippen LogP contribution in [0.3, 0.4) is 0 Å². The maximum absolute atomic E-state index is 12.8. The number of amides is 1. The summed E-state index contributed by atoms with van der Waals surface area (Å²) < 4.78 is 6.64. The van der Waals surface area contributed by atoms with Gasteiger partial charge in [-0.15, -0.1) is 0 Å². The van der Waals surface area contributed by atoms with Gasteiger partial charge in [0.05, 0.1) is 0 Å². The Labute approximate surface area is 143 Å². The van der Waals surface area contributed by atoms with Crippen LogP contribution in [0.2, 0.25) is 0 Å². The smallest absolute Gasteiger partial charge is 0.266 e. The number of nitrogens with zero attached hydrogens (tertiary/aromatic N) is 3. The Morgan fingerprint density at radius 2 is 2.08 bits per heavy atom. The number of hydrogen-bond donors (Lipinski definition) is 1. The fourth-order valence-electron chi connectivity index (χ4n) is 2.70. The number of benzene rings is 1. The second-order valence-corrected chi connectivity index (χ2v) is 6.41. The van der Waals surface area contributed by atoms with Gasteiger partial charge in [0.2, 0.25) is 5.91 Å². The third-order valence-corrected chi connectivity index (χ3v) is 4.31. The van der Waals surface area contributed by atoms with Gasteiger partial charge in [-0.05, 0) is 19.8 Å². The molecule has 2 aromatic heterocycles. The summed E-state index contributed by atoms with van der Waals surface area (Å²) in [7, 11) is 0. The minimum atomic E-state index is -0.249. The zero-order chi connectivity index (χ0) is 17.4. The molecule has 1 aliphatic carbocycles. The van der Waals surface area contributed by atoms with E-state index in [0.717, 1.165) is 24.0 Å². The summed E-state index contributed by atoms with van der Waals surface area (Å²) in [5, 5.41) is 7.26. The molecule has 1 aromatic carbocycles. The van der Waals surface area contributed by atoms with Crippen LogP contribution in [0.25, 0.3) is 22.4 Å². The fraction of sp³-hybridized carbons (Fsp3) is 0.333. The van der Waals surface area contributed by atoms with E-state index in [9.17, 15) is 9.59 Å². The predicted molar refractivity (Wildman–Crippen MR) is 92.0 cm³/mol. The minimum absolute atomic E-state index is 0.0430. The van der Waals surface area contributed by atoms with Gasteiger partial charge in [-0.1, -0.05) is 35.0 Å². The molecule has 4 rings (SSSR count). The monoisotopic (exact) mass is 338 g/mol. The zero-order valence-corrected chi connectivity index (χ0v) is 13.9. The van der Waals surface area contributed by atoms with Crippen LogP contribution in [0, 0.1) is 6.92 Å². The van der Waals surface area contributed by atoms with Gasteiger partial charge in [-0.2, -0.15) is 0 Å². The van der Waals surface area contributed by atoms with E-state index in [1.807, 2.05) is 31.2 Å². The van der Waals surface area contributed by atoms with E-state index in [4.69, 9.17) is 4.52 Å². The van der Waals surface area contributed by atoms with E-state index < -0.39 is 0 Å². The molecule has 0 bridgehead atoms. The minimum Gasteiger partial charge on any atom is -0.353 e. The van der Waals surface area contributed by atoms with Crippen LogP contribution in [-0.4, -0.2) is 26.7 Å². The number of rotatable bonds is 5. The highest BCUT2D eigenvalue weighted by Crippen LogP contribution is 2.24. The van der Waals surface area contributed by atoms with Crippen molar-refractivity contribution in [2.24, 2.45) is 0 Å². The van der Waals surface area contributed by atoms with Gasteiger partial charge in [-0.25, -0.2) is 4.98 Å². The van der Waals surface area contributed by atoms with Crippen LogP contribution >= 0.6 is 0 Å². The molecule has 0 atom stereocenters. The highest BCUT2D eigenvalue weighted by atomic mass is 16.5. The molecule has 0 radical (unpaired) electrons. The van der Waals surface area contributed by atoms with Crippen molar-refractivity contribution in [1.82, 2.24) is 20.0 Å². The summed E-state index contributed by atoms with van der Waals surface area (Å²) in [5.74, 6) is -0.0430. The Morgan fingerprint density at radius 1 is 1.32 bits per heavy atom. The van der Waals surface area contributed by atoms with Gasteiger partial charge in [0, 0.05) is 24.6 Å². The first kappa shape index (κ1) is 15.6. The number of carbonyl (C=O) groups excluding carboxylic acids is 1. The van der Waals surface area contributed by atoms with E-state index in [0.29, 0.717) is 17.1 Å². The third-order valence-electron chi connectivity index (χ3n) is 4.31. The van der Waals surface area contributed by atoms with Crippen molar-refractivity contribution in [1.29, 1.82) is 0 Å². The van der Waals surface area contributed by atoms with Crippen molar-refractivity contribution in [2.45, 2.75) is 38.8 Å². The van der Waals surface area contributed by atoms with Crippen LogP contribution in [0.4, 0.5) is 0 Å². The van der Waals surface area contributed by atoms with Crippen LogP contribution in [0.5, 0.6) is 0 Å². The molecular weight excluding hydrogens is 320 g/mol. The van der Waals surface area contributed by atoms with Crippen LogP contribution in [-0.2, 0) is 11.3 Å². The fourth-order valence-corrected chi connectivity index (χ4v) is 2.70. The molecule has 1 saturated carbocycles. The molecule has 1 aliphatic rings. The quantitative estimate of drug-likeness (QED) is 0.769. The number of nitrogens with one attached hydrogen (secondary N) is 1. The normalized spacial score (nSPS) is 14.0. The molecule has 1 amide bonds. The van der Waals surface area contributed by atoms with Crippen molar-refractivity contribution >= 4 is 17.0 Å². The molecule has 0 spiro atoms. The number of fused-ring (bicyclic) bond motifs is 1. The van der Waals surface area contributed by atoms with Crippen molar-refractivity contribution in [3.05, 3.63) is 46.5 Å². The second kappa shape index (κ2) is 6.16. The van der Waals surface area contributed by atoms with E-state index in [2.05, 4.69) is 15.5 Å². The first-order valence-corrected chi connectivity index (χ1v) is 8.33. The average Bonchev–Trinajstić information content (AvgIpc) is 3.30. The van der Waals surface area contributed by atoms with Gasteiger partial charge in [0.25, 0.3) is 11.3 Å². The van der Waals surface area contributed by atoms with Gasteiger partial charge >= 0.3 is 0 Å². The van der Waals surface area contributed by atoms with Crippen LogP contribution in [0.1, 0.15) is 24.8 Å². The van der Waals surface area contributed by atoms with E-state index >= 15 is 0 Å². The maximum atomic E-state index is 12.8.